The van der Waals surface area contributed by atoms with Crippen LogP contribution in [-0.2, 0) is 22.4 Å². The van der Waals surface area contributed by atoms with E-state index in [-0.39, 0.29) is 6.10 Å². The fourth-order valence-electron chi connectivity index (χ4n) is 3.63. The van der Waals surface area contributed by atoms with Gasteiger partial charge in [-0.05, 0) is 38.0 Å². The second-order valence-electron chi connectivity index (χ2n) is 7.81. The van der Waals surface area contributed by atoms with E-state index in [1.165, 1.54) is 21.6 Å². The summed E-state index contributed by atoms with van der Waals surface area (Å²) < 4.78 is 14.9. The Hall–Kier alpha value is -2.08. The van der Waals surface area contributed by atoms with Crippen molar-refractivity contribution in [2.45, 2.75) is 50.0 Å². The molecule has 4 nitrogen and oxygen atoms in total. The van der Waals surface area contributed by atoms with E-state index in [0.717, 1.165) is 18.6 Å². The molecule has 0 bridgehead atoms. The number of benzene rings is 2. The van der Waals surface area contributed by atoms with Crippen LogP contribution in [0.1, 0.15) is 23.1 Å². The number of thioether (sulfide) groups is 1. The summed E-state index contributed by atoms with van der Waals surface area (Å²) in [5.74, 6) is 0.281. The molecule has 1 saturated heterocycles. The third kappa shape index (κ3) is 5.50. The Labute approximate surface area is 177 Å². The molecule has 2 atom stereocenters. The summed E-state index contributed by atoms with van der Waals surface area (Å²) in [6.07, 6.45) is 7.42. The minimum Gasteiger partial charge on any atom is -0.345 e. The maximum atomic E-state index is 6.53. The minimum absolute atomic E-state index is 0.0852. The van der Waals surface area contributed by atoms with Gasteiger partial charge in [-0.2, -0.15) is 0 Å². The van der Waals surface area contributed by atoms with Crippen molar-refractivity contribution in [3.63, 3.8) is 0 Å². The van der Waals surface area contributed by atoms with Crippen LogP contribution in [0.25, 0.3) is 0 Å². The van der Waals surface area contributed by atoms with Crippen LogP contribution in [0.5, 0.6) is 0 Å². The van der Waals surface area contributed by atoms with E-state index in [2.05, 4.69) is 67.4 Å². The van der Waals surface area contributed by atoms with E-state index in [9.17, 15) is 0 Å². The average molecular weight is 409 g/mol. The van der Waals surface area contributed by atoms with Gasteiger partial charge in [-0.15, -0.1) is 11.8 Å². The second-order valence-corrected chi connectivity index (χ2v) is 8.90. The number of imidazole rings is 1. The molecule has 0 aliphatic carbocycles. The molecule has 0 radical (unpaired) electrons. The third-order valence-corrected chi connectivity index (χ3v) is 6.36. The predicted molar refractivity (Wildman–Crippen MR) is 117 cm³/mol. The molecular formula is C24H28N2O2S. The SMILES string of the molecule is Cc1ccc(CCC2(Cn3ccnc3)OCC(CSc3cccc(C)c3)O2)cc1. The minimum atomic E-state index is -0.608. The van der Waals surface area contributed by atoms with Crippen molar-refractivity contribution in [2.75, 3.05) is 12.4 Å². The average Bonchev–Trinajstić information content (AvgIpc) is 3.37. The highest BCUT2D eigenvalue weighted by Gasteiger charge is 2.41. The van der Waals surface area contributed by atoms with E-state index < -0.39 is 5.79 Å². The zero-order chi connectivity index (χ0) is 20.1. The Morgan fingerprint density at radius 1 is 1.14 bits per heavy atom. The van der Waals surface area contributed by atoms with Crippen molar-refractivity contribution in [2.24, 2.45) is 0 Å². The summed E-state index contributed by atoms with van der Waals surface area (Å²) in [6, 6.07) is 17.3. The molecule has 29 heavy (non-hydrogen) atoms. The second kappa shape index (κ2) is 9.16. The number of hydrogen-bond acceptors (Lipinski definition) is 4. The quantitative estimate of drug-likeness (QED) is 0.490. The molecule has 152 valence electrons. The molecule has 0 amide bonds. The van der Waals surface area contributed by atoms with Gasteiger partial charge in [0.2, 0.25) is 0 Å². The maximum Gasteiger partial charge on any atom is 0.187 e. The molecule has 2 unspecified atom stereocenters. The summed E-state index contributed by atoms with van der Waals surface area (Å²) >= 11 is 1.83. The Kier molecular flexibility index (Phi) is 6.38. The van der Waals surface area contributed by atoms with Crippen molar-refractivity contribution < 1.29 is 9.47 Å². The monoisotopic (exact) mass is 408 g/mol. The number of aryl methyl sites for hydroxylation is 3. The van der Waals surface area contributed by atoms with Crippen molar-refractivity contribution in [3.05, 3.63) is 83.9 Å². The Bertz CT molecular complexity index is 911. The van der Waals surface area contributed by atoms with Gasteiger partial charge in [0.1, 0.15) is 0 Å². The molecule has 3 aromatic rings. The van der Waals surface area contributed by atoms with Crippen molar-refractivity contribution in [1.82, 2.24) is 9.55 Å². The topological polar surface area (TPSA) is 36.3 Å². The zero-order valence-electron chi connectivity index (χ0n) is 17.1. The Balaban J connectivity index is 1.41. The van der Waals surface area contributed by atoms with Gasteiger partial charge in [0.05, 0.1) is 25.6 Å². The van der Waals surface area contributed by atoms with Crippen LogP contribution < -0.4 is 0 Å². The molecule has 1 aliphatic heterocycles. The first-order valence-electron chi connectivity index (χ1n) is 10.1. The van der Waals surface area contributed by atoms with Crippen LogP contribution >= 0.6 is 11.8 Å². The zero-order valence-corrected chi connectivity index (χ0v) is 17.9. The Morgan fingerprint density at radius 3 is 2.76 bits per heavy atom. The molecule has 4 rings (SSSR count). The normalized spacial score (nSPS) is 21.5. The summed E-state index contributed by atoms with van der Waals surface area (Å²) in [7, 11) is 0. The first-order valence-corrected chi connectivity index (χ1v) is 11.1. The number of hydrogen-bond donors (Lipinski definition) is 0. The maximum absolute atomic E-state index is 6.53. The van der Waals surface area contributed by atoms with Gasteiger partial charge in [0, 0.05) is 29.5 Å². The van der Waals surface area contributed by atoms with Gasteiger partial charge < -0.3 is 14.0 Å². The molecule has 1 aromatic heterocycles. The summed E-state index contributed by atoms with van der Waals surface area (Å²) in [5, 5.41) is 0. The van der Waals surface area contributed by atoms with Crippen LogP contribution in [0, 0.1) is 13.8 Å². The molecule has 1 aliphatic rings. The van der Waals surface area contributed by atoms with Crippen molar-refractivity contribution in [1.29, 1.82) is 0 Å². The van der Waals surface area contributed by atoms with E-state index in [1.54, 1.807) is 6.20 Å². The highest BCUT2D eigenvalue weighted by atomic mass is 32.2. The highest BCUT2D eigenvalue weighted by molar-refractivity contribution is 7.99. The van der Waals surface area contributed by atoms with Gasteiger partial charge in [0.15, 0.2) is 5.79 Å². The first kappa shape index (κ1) is 20.2. The van der Waals surface area contributed by atoms with Crippen molar-refractivity contribution >= 4 is 11.8 Å². The molecule has 0 spiro atoms. The van der Waals surface area contributed by atoms with E-state index in [1.807, 2.05) is 28.9 Å². The standard InChI is InChI=1S/C24H28N2O2S/c1-19-6-8-21(9-7-19)10-11-24(17-26-13-12-25-18-26)27-15-22(28-24)16-29-23-5-3-4-20(2)14-23/h3-9,12-14,18,22H,10-11,15-17H2,1-2H3. The molecular weight excluding hydrogens is 380 g/mol. The van der Waals surface area contributed by atoms with E-state index >= 15 is 0 Å². The molecule has 0 N–H and O–H groups in total. The van der Waals surface area contributed by atoms with Gasteiger partial charge in [-0.25, -0.2) is 4.98 Å². The fourth-order valence-corrected chi connectivity index (χ4v) is 4.62. The highest BCUT2D eigenvalue weighted by Crippen LogP contribution is 2.33. The lowest BCUT2D eigenvalue weighted by molar-refractivity contribution is -0.180. The number of aromatic nitrogens is 2. The summed E-state index contributed by atoms with van der Waals surface area (Å²) in [6.45, 7) is 5.52. The van der Waals surface area contributed by atoms with Gasteiger partial charge >= 0.3 is 0 Å². The van der Waals surface area contributed by atoms with E-state index in [4.69, 9.17) is 9.47 Å². The van der Waals surface area contributed by atoms with E-state index in [0.29, 0.717) is 13.2 Å². The largest absolute Gasteiger partial charge is 0.345 e. The lowest BCUT2D eigenvalue weighted by atomic mass is 10.0. The number of rotatable bonds is 8. The molecule has 5 heteroatoms. The lowest BCUT2D eigenvalue weighted by Crippen LogP contribution is -2.37. The van der Waals surface area contributed by atoms with Crippen LogP contribution in [0.3, 0.4) is 0 Å². The summed E-state index contributed by atoms with van der Waals surface area (Å²) in [4.78, 5) is 5.45. The predicted octanol–water partition coefficient (Wildman–Crippen LogP) is 5.04. The molecule has 1 fully saturated rings. The van der Waals surface area contributed by atoms with Crippen LogP contribution in [-0.4, -0.2) is 33.8 Å². The summed E-state index contributed by atoms with van der Waals surface area (Å²) in [5.41, 5.74) is 3.88. The lowest BCUT2D eigenvalue weighted by Gasteiger charge is -2.28. The van der Waals surface area contributed by atoms with Crippen LogP contribution in [0.2, 0.25) is 0 Å². The Morgan fingerprint density at radius 2 is 2.00 bits per heavy atom. The molecule has 2 aromatic carbocycles. The third-order valence-electron chi connectivity index (χ3n) is 5.24. The number of ether oxygens (including phenoxy) is 2. The van der Waals surface area contributed by atoms with Crippen LogP contribution in [0.15, 0.2) is 72.1 Å². The molecule has 2 heterocycles. The van der Waals surface area contributed by atoms with Crippen molar-refractivity contribution in [3.8, 4) is 0 Å². The first-order chi connectivity index (χ1) is 14.1. The van der Waals surface area contributed by atoms with Gasteiger partial charge in [0.25, 0.3) is 0 Å². The van der Waals surface area contributed by atoms with Gasteiger partial charge in [-0.1, -0.05) is 47.5 Å². The van der Waals surface area contributed by atoms with Gasteiger partial charge in [-0.3, -0.25) is 0 Å². The number of nitrogens with zero attached hydrogens (tertiary/aromatic N) is 2. The van der Waals surface area contributed by atoms with Crippen LogP contribution in [0.4, 0.5) is 0 Å². The fraction of sp³-hybridized carbons (Fsp3) is 0.375. The smallest absolute Gasteiger partial charge is 0.187 e. The molecule has 0 saturated carbocycles.